The summed E-state index contributed by atoms with van der Waals surface area (Å²) in [4.78, 5) is 14.4. The second-order valence-electron chi connectivity index (χ2n) is 6.04. The molecule has 0 radical (unpaired) electrons. The first-order valence-electron chi connectivity index (χ1n) is 6.37. The third kappa shape index (κ3) is 1.30. The highest BCUT2D eigenvalue weighted by Crippen LogP contribution is 2.59. The van der Waals surface area contributed by atoms with Gasteiger partial charge in [-0.1, -0.05) is 6.42 Å². The molecule has 2 heteroatoms. The summed E-state index contributed by atoms with van der Waals surface area (Å²) < 4.78 is 0. The van der Waals surface area contributed by atoms with Crippen LogP contribution in [-0.2, 0) is 4.79 Å². The van der Waals surface area contributed by atoms with Crippen molar-refractivity contribution >= 4 is 5.78 Å². The molecule has 15 heavy (non-hydrogen) atoms. The van der Waals surface area contributed by atoms with Gasteiger partial charge in [0, 0.05) is 18.4 Å². The molecule has 3 aliphatic rings. The first-order valence-corrected chi connectivity index (χ1v) is 6.37. The minimum atomic E-state index is 0.379. The van der Waals surface area contributed by atoms with Gasteiger partial charge in [0.05, 0.1) is 0 Å². The summed E-state index contributed by atoms with van der Waals surface area (Å²) in [5.74, 6) is 3.91. The number of hydrogen-bond acceptors (Lipinski definition) is 2. The summed E-state index contributed by atoms with van der Waals surface area (Å²) in [6, 6.07) is 0. The van der Waals surface area contributed by atoms with Crippen molar-refractivity contribution in [3.05, 3.63) is 0 Å². The van der Waals surface area contributed by atoms with Crippen LogP contribution in [0.4, 0.5) is 0 Å². The molecule has 0 heterocycles. The van der Waals surface area contributed by atoms with E-state index in [1.165, 1.54) is 25.7 Å². The Labute approximate surface area is 92.0 Å². The quantitative estimate of drug-likeness (QED) is 0.688. The topological polar surface area (TPSA) is 20.3 Å². The third-order valence-electron chi connectivity index (χ3n) is 5.03. The van der Waals surface area contributed by atoms with Crippen LogP contribution in [0, 0.1) is 29.6 Å². The molecule has 3 fully saturated rings. The summed E-state index contributed by atoms with van der Waals surface area (Å²) in [5.41, 5.74) is 0. The van der Waals surface area contributed by atoms with E-state index in [9.17, 15) is 4.79 Å². The Morgan fingerprint density at radius 3 is 2.67 bits per heavy atom. The van der Waals surface area contributed by atoms with Gasteiger partial charge in [-0.3, -0.25) is 4.79 Å². The first kappa shape index (κ1) is 9.83. The second kappa shape index (κ2) is 3.31. The largest absolute Gasteiger partial charge is 0.309 e. The number of ketones is 1. The predicted molar refractivity (Wildman–Crippen MR) is 59.5 cm³/mol. The second-order valence-corrected chi connectivity index (χ2v) is 6.04. The number of carbonyl (C=O) groups is 1. The molecule has 3 aliphatic carbocycles. The number of Topliss-reactive ketones (excluding diaryl/α,β-unsaturated/α-hetero) is 1. The highest BCUT2D eigenvalue weighted by Gasteiger charge is 2.58. The molecular formula is C13H21NO. The molecule has 0 aromatic rings. The van der Waals surface area contributed by atoms with Crippen molar-refractivity contribution in [3.63, 3.8) is 0 Å². The smallest absolute Gasteiger partial charge is 0.140 e. The zero-order chi connectivity index (χ0) is 10.6. The van der Waals surface area contributed by atoms with Gasteiger partial charge < -0.3 is 4.90 Å². The standard InChI is InChI=1S/C13H21NO/c1-14(2)7-12-10-6-11(13(12)15)9-5-3-4-8(9)10/h8-12H,3-7H2,1-2H3/t8-,9+,10+,11+,12+/m1/s1. The van der Waals surface area contributed by atoms with E-state index in [4.69, 9.17) is 0 Å². The van der Waals surface area contributed by atoms with Crippen molar-refractivity contribution in [1.82, 2.24) is 4.90 Å². The van der Waals surface area contributed by atoms with Crippen LogP contribution < -0.4 is 0 Å². The number of nitrogens with zero attached hydrogens (tertiary/aromatic N) is 1. The van der Waals surface area contributed by atoms with Crippen molar-refractivity contribution < 1.29 is 4.79 Å². The van der Waals surface area contributed by atoms with E-state index in [-0.39, 0.29) is 0 Å². The summed E-state index contributed by atoms with van der Waals surface area (Å²) in [6.45, 7) is 0.989. The average Bonchev–Trinajstić information content (AvgIpc) is 2.77. The van der Waals surface area contributed by atoms with Gasteiger partial charge in [-0.15, -0.1) is 0 Å². The van der Waals surface area contributed by atoms with E-state index >= 15 is 0 Å². The molecule has 0 aliphatic heterocycles. The van der Waals surface area contributed by atoms with Crippen molar-refractivity contribution in [2.75, 3.05) is 20.6 Å². The first-order chi connectivity index (χ1) is 7.18. The molecule has 0 amide bonds. The van der Waals surface area contributed by atoms with Crippen molar-refractivity contribution in [3.8, 4) is 0 Å². The van der Waals surface area contributed by atoms with E-state index in [1.807, 2.05) is 0 Å². The molecule has 3 rings (SSSR count). The number of hydrogen-bond donors (Lipinski definition) is 0. The van der Waals surface area contributed by atoms with Gasteiger partial charge in [-0.25, -0.2) is 0 Å². The maximum absolute atomic E-state index is 12.2. The Balaban J connectivity index is 1.81. The molecule has 0 N–H and O–H groups in total. The Bertz CT molecular complexity index is 286. The van der Waals surface area contributed by atoms with Gasteiger partial charge in [0.2, 0.25) is 0 Å². The molecule has 0 aromatic heterocycles. The SMILES string of the molecule is CN(C)C[C@@H]1C(=O)[C@H]2C[C@H]1[C@@H]1CCC[C@@H]12. The van der Waals surface area contributed by atoms with Crippen LogP contribution in [0.15, 0.2) is 0 Å². The molecular weight excluding hydrogens is 186 g/mol. The lowest BCUT2D eigenvalue weighted by Crippen LogP contribution is -2.38. The van der Waals surface area contributed by atoms with Gasteiger partial charge in [0.15, 0.2) is 0 Å². The maximum atomic E-state index is 12.2. The third-order valence-corrected chi connectivity index (χ3v) is 5.03. The minimum Gasteiger partial charge on any atom is -0.309 e. The molecule has 5 atom stereocenters. The maximum Gasteiger partial charge on any atom is 0.140 e. The monoisotopic (exact) mass is 207 g/mol. The number of fused-ring (bicyclic) bond motifs is 5. The fourth-order valence-electron chi connectivity index (χ4n) is 4.59. The van der Waals surface area contributed by atoms with Crippen molar-refractivity contribution in [2.24, 2.45) is 29.6 Å². The number of carbonyl (C=O) groups excluding carboxylic acids is 1. The fourth-order valence-corrected chi connectivity index (χ4v) is 4.59. The summed E-state index contributed by atoms with van der Waals surface area (Å²) in [5, 5.41) is 0. The molecule has 2 nitrogen and oxygen atoms in total. The molecule has 3 saturated carbocycles. The van der Waals surface area contributed by atoms with Crippen LogP contribution in [0.25, 0.3) is 0 Å². The Morgan fingerprint density at radius 2 is 1.93 bits per heavy atom. The summed E-state index contributed by atoms with van der Waals surface area (Å²) in [6.07, 6.45) is 5.35. The van der Waals surface area contributed by atoms with Crippen LogP contribution in [0.2, 0.25) is 0 Å². The van der Waals surface area contributed by atoms with E-state index in [0.717, 1.165) is 24.3 Å². The van der Waals surface area contributed by atoms with Gasteiger partial charge >= 0.3 is 0 Å². The fraction of sp³-hybridized carbons (Fsp3) is 0.923. The molecule has 2 bridgehead atoms. The van der Waals surface area contributed by atoms with Gasteiger partial charge in [-0.2, -0.15) is 0 Å². The number of rotatable bonds is 2. The van der Waals surface area contributed by atoms with Gasteiger partial charge in [0.1, 0.15) is 5.78 Å². The molecule has 84 valence electrons. The van der Waals surface area contributed by atoms with Crippen molar-refractivity contribution in [2.45, 2.75) is 25.7 Å². The molecule has 0 saturated heterocycles. The summed E-state index contributed by atoms with van der Waals surface area (Å²) >= 11 is 0. The van der Waals surface area contributed by atoms with Crippen LogP contribution in [0.1, 0.15) is 25.7 Å². The lowest BCUT2D eigenvalue weighted by Gasteiger charge is -2.31. The Hall–Kier alpha value is -0.370. The van der Waals surface area contributed by atoms with Crippen LogP contribution in [0.5, 0.6) is 0 Å². The van der Waals surface area contributed by atoms with Crippen LogP contribution in [0.3, 0.4) is 0 Å². The normalized spacial score (nSPS) is 47.9. The van der Waals surface area contributed by atoms with E-state index in [1.54, 1.807) is 0 Å². The van der Waals surface area contributed by atoms with E-state index < -0.39 is 0 Å². The highest BCUT2D eigenvalue weighted by molar-refractivity contribution is 5.87. The van der Waals surface area contributed by atoms with Gasteiger partial charge in [-0.05, 0) is 51.1 Å². The summed E-state index contributed by atoms with van der Waals surface area (Å²) in [7, 11) is 4.18. The lowest BCUT2D eigenvalue weighted by molar-refractivity contribution is -0.129. The molecule has 0 unspecified atom stereocenters. The molecule has 0 spiro atoms. The van der Waals surface area contributed by atoms with E-state index in [0.29, 0.717) is 17.6 Å². The Morgan fingerprint density at radius 1 is 1.20 bits per heavy atom. The predicted octanol–water partition coefficient (Wildman–Crippen LogP) is 1.80. The van der Waals surface area contributed by atoms with Crippen LogP contribution in [-0.4, -0.2) is 31.3 Å². The molecule has 0 aromatic carbocycles. The highest BCUT2D eigenvalue weighted by atomic mass is 16.1. The van der Waals surface area contributed by atoms with Gasteiger partial charge in [0.25, 0.3) is 0 Å². The minimum absolute atomic E-state index is 0.379. The lowest BCUT2D eigenvalue weighted by atomic mass is 9.75. The van der Waals surface area contributed by atoms with E-state index in [2.05, 4.69) is 19.0 Å². The zero-order valence-electron chi connectivity index (χ0n) is 9.78. The van der Waals surface area contributed by atoms with Crippen molar-refractivity contribution in [1.29, 1.82) is 0 Å². The van der Waals surface area contributed by atoms with Crippen LogP contribution >= 0.6 is 0 Å². The Kier molecular flexibility index (Phi) is 2.17. The average molecular weight is 207 g/mol. The zero-order valence-corrected chi connectivity index (χ0v) is 9.78.